The highest BCUT2D eigenvalue weighted by Crippen LogP contribution is 2.15. The average molecular weight is 315 g/mol. The number of aromatic nitrogens is 2. The van der Waals surface area contributed by atoms with Gasteiger partial charge in [0.15, 0.2) is 0 Å². The van der Waals surface area contributed by atoms with Gasteiger partial charge in [-0.15, -0.1) is 0 Å². The number of carboxylic acids is 1. The molecule has 1 amide bonds. The van der Waals surface area contributed by atoms with E-state index in [1.807, 2.05) is 30.3 Å². The van der Waals surface area contributed by atoms with Gasteiger partial charge in [0.25, 0.3) is 0 Å². The Kier molecular flexibility index (Phi) is 5.62. The van der Waals surface area contributed by atoms with Gasteiger partial charge in [0.1, 0.15) is 12.4 Å². The van der Waals surface area contributed by atoms with E-state index in [4.69, 9.17) is 9.84 Å². The van der Waals surface area contributed by atoms with Crippen LogP contribution in [0.1, 0.15) is 29.4 Å². The Bertz CT molecular complexity index is 659. The van der Waals surface area contributed by atoms with E-state index < -0.39 is 18.1 Å². The number of ether oxygens (including phenoxy) is 1. The summed E-state index contributed by atoms with van der Waals surface area (Å²) in [5, 5.41) is 11.5. The normalized spacial score (nSPS) is 11.5. The minimum absolute atomic E-state index is 0.108. The first kappa shape index (κ1) is 16.4. The van der Waals surface area contributed by atoms with Crippen LogP contribution in [0.4, 0.5) is 4.79 Å². The Morgan fingerprint density at radius 3 is 2.48 bits per heavy atom. The molecule has 0 aliphatic carbocycles. The van der Waals surface area contributed by atoms with Crippen LogP contribution in [0.3, 0.4) is 0 Å². The summed E-state index contributed by atoms with van der Waals surface area (Å²) in [6.45, 7) is 1.83. The van der Waals surface area contributed by atoms with Crippen molar-refractivity contribution < 1.29 is 19.4 Å². The third-order valence-electron chi connectivity index (χ3n) is 3.09. The molecule has 2 rings (SSSR count). The van der Waals surface area contributed by atoms with Gasteiger partial charge in [-0.2, -0.15) is 0 Å². The van der Waals surface area contributed by atoms with Crippen LogP contribution < -0.4 is 5.32 Å². The van der Waals surface area contributed by atoms with E-state index in [2.05, 4.69) is 15.3 Å². The van der Waals surface area contributed by atoms with Crippen LogP contribution in [-0.2, 0) is 16.1 Å². The lowest BCUT2D eigenvalue weighted by atomic mass is 10.1. The number of benzene rings is 1. The number of alkyl carbamates (subject to hydrolysis) is 1. The van der Waals surface area contributed by atoms with Crippen LogP contribution in [0.2, 0.25) is 0 Å². The SMILES string of the molecule is Cc1ncc([C@@H](CC(=O)O)NC(=O)OCc2ccccc2)cn1. The first-order chi connectivity index (χ1) is 11.0. The lowest BCUT2D eigenvalue weighted by molar-refractivity contribution is -0.137. The van der Waals surface area contributed by atoms with E-state index in [9.17, 15) is 9.59 Å². The number of hydrogen-bond donors (Lipinski definition) is 2. The maximum absolute atomic E-state index is 11.9. The highest BCUT2D eigenvalue weighted by Gasteiger charge is 2.19. The molecule has 1 atom stereocenters. The lowest BCUT2D eigenvalue weighted by Crippen LogP contribution is -2.30. The third-order valence-corrected chi connectivity index (χ3v) is 3.09. The Morgan fingerprint density at radius 1 is 1.22 bits per heavy atom. The summed E-state index contributed by atoms with van der Waals surface area (Å²) in [5.74, 6) is -0.478. The molecule has 1 heterocycles. The Morgan fingerprint density at radius 2 is 1.87 bits per heavy atom. The monoisotopic (exact) mass is 315 g/mol. The molecule has 2 aromatic rings. The Labute approximate surface area is 133 Å². The lowest BCUT2D eigenvalue weighted by Gasteiger charge is -2.16. The van der Waals surface area contributed by atoms with Gasteiger partial charge in [-0.1, -0.05) is 30.3 Å². The first-order valence-corrected chi connectivity index (χ1v) is 7.02. The summed E-state index contributed by atoms with van der Waals surface area (Å²) in [6, 6.07) is 8.45. The van der Waals surface area contributed by atoms with Gasteiger partial charge < -0.3 is 15.2 Å². The fraction of sp³-hybridized carbons (Fsp3) is 0.250. The number of rotatable bonds is 6. The highest BCUT2D eigenvalue weighted by atomic mass is 16.5. The number of nitrogens with one attached hydrogen (secondary N) is 1. The molecule has 2 N–H and O–H groups in total. The number of carbonyl (C=O) groups excluding carboxylic acids is 1. The molecule has 1 aromatic carbocycles. The number of aryl methyl sites for hydroxylation is 1. The summed E-state index contributed by atoms with van der Waals surface area (Å²) < 4.78 is 5.10. The van der Waals surface area contributed by atoms with Gasteiger partial charge in [-0.3, -0.25) is 4.79 Å². The van der Waals surface area contributed by atoms with Gasteiger partial charge >= 0.3 is 12.1 Å². The number of amides is 1. The number of aliphatic carboxylic acids is 1. The number of carboxylic acid groups (broad SMARTS) is 1. The van der Waals surface area contributed by atoms with Crippen LogP contribution in [0, 0.1) is 6.92 Å². The largest absolute Gasteiger partial charge is 0.481 e. The van der Waals surface area contributed by atoms with Gasteiger partial charge in [-0.25, -0.2) is 14.8 Å². The molecule has 0 aliphatic rings. The van der Waals surface area contributed by atoms with Crippen LogP contribution in [-0.4, -0.2) is 27.1 Å². The van der Waals surface area contributed by atoms with Crippen molar-refractivity contribution in [2.45, 2.75) is 26.0 Å². The van der Waals surface area contributed by atoms with E-state index in [-0.39, 0.29) is 13.0 Å². The van der Waals surface area contributed by atoms with Crippen LogP contribution >= 0.6 is 0 Å². The molecular weight excluding hydrogens is 298 g/mol. The van der Waals surface area contributed by atoms with E-state index in [0.29, 0.717) is 11.4 Å². The van der Waals surface area contributed by atoms with Crippen molar-refractivity contribution in [1.29, 1.82) is 0 Å². The second kappa shape index (κ2) is 7.88. The van der Waals surface area contributed by atoms with Crippen molar-refractivity contribution >= 4 is 12.1 Å². The van der Waals surface area contributed by atoms with Gasteiger partial charge in [0.05, 0.1) is 12.5 Å². The molecule has 0 saturated carbocycles. The molecule has 0 unspecified atom stereocenters. The molecule has 1 aromatic heterocycles. The summed E-state index contributed by atoms with van der Waals surface area (Å²) in [6.07, 6.45) is 2.01. The van der Waals surface area contributed by atoms with Gasteiger partial charge in [0, 0.05) is 18.0 Å². The standard InChI is InChI=1S/C16H17N3O4/c1-11-17-8-13(9-18-11)14(7-15(20)21)19-16(22)23-10-12-5-3-2-4-6-12/h2-6,8-9,14H,7,10H2,1H3,(H,19,22)(H,20,21)/t14-/m1/s1. The van der Waals surface area contributed by atoms with Crippen molar-refractivity contribution in [3.63, 3.8) is 0 Å². The molecular formula is C16H17N3O4. The topological polar surface area (TPSA) is 101 Å². The summed E-state index contributed by atoms with van der Waals surface area (Å²) in [5.41, 5.74) is 1.35. The van der Waals surface area contributed by atoms with Crippen LogP contribution in [0.15, 0.2) is 42.7 Å². The molecule has 7 heteroatoms. The zero-order valence-electron chi connectivity index (χ0n) is 12.6. The molecule has 0 spiro atoms. The molecule has 7 nitrogen and oxygen atoms in total. The van der Waals surface area contributed by atoms with Crippen LogP contribution in [0.25, 0.3) is 0 Å². The van der Waals surface area contributed by atoms with E-state index in [0.717, 1.165) is 5.56 Å². The summed E-state index contributed by atoms with van der Waals surface area (Å²) in [4.78, 5) is 30.9. The molecule has 23 heavy (non-hydrogen) atoms. The van der Waals surface area contributed by atoms with Gasteiger partial charge in [0.2, 0.25) is 0 Å². The number of hydrogen-bond acceptors (Lipinski definition) is 5. The van der Waals surface area contributed by atoms with Crippen molar-refractivity contribution in [2.75, 3.05) is 0 Å². The zero-order chi connectivity index (χ0) is 16.7. The molecule has 0 fully saturated rings. The molecule has 0 bridgehead atoms. The zero-order valence-corrected chi connectivity index (χ0v) is 12.6. The van der Waals surface area contributed by atoms with Crippen molar-refractivity contribution in [3.8, 4) is 0 Å². The maximum Gasteiger partial charge on any atom is 0.407 e. The molecule has 0 radical (unpaired) electrons. The predicted octanol–water partition coefficient (Wildman–Crippen LogP) is 2.23. The molecule has 120 valence electrons. The first-order valence-electron chi connectivity index (χ1n) is 7.02. The van der Waals surface area contributed by atoms with Crippen molar-refractivity contribution in [1.82, 2.24) is 15.3 Å². The Balaban J connectivity index is 1.98. The van der Waals surface area contributed by atoms with Gasteiger partial charge in [-0.05, 0) is 12.5 Å². The second-order valence-electron chi connectivity index (χ2n) is 4.92. The fourth-order valence-corrected chi connectivity index (χ4v) is 1.92. The van der Waals surface area contributed by atoms with Crippen LogP contribution in [0.5, 0.6) is 0 Å². The third kappa shape index (κ3) is 5.39. The average Bonchev–Trinajstić information content (AvgIpc) is 2.53. The quantitative estimate of drug-likeness (QED) is 0.847. The van der Waals surface area contributed by atoms with E-state index in [1.54, 1.807) is 6.92 Å². The maximum atomic E-state index is 11.9. The minimum Gasteiger partial charge on any atom is -0.481 e. The Hall–Kier alpha value is -2.96. The highest BCUT2D eigenvalue weighted by molar-refractivity contribution is 5.71. The number of carbonyl (C=O) groups is 2. The molecule has 0 saturated heterocycles. The van der Waals surface area contributed by atoms with E-state index >= 15 is 0 Å². The molecule has 0 aliphatic heterocycles. The van der Waals surface area contributed by atoms with Crippen molar-refractivity contribution in [2.24, 2.45) is 0 Å². The number of nitrogens with zero attached hydrogens (tertiary/aromatic N) is 2. The smallest absolute Gasteiger partial charge is 0.407 e. The van der Waals surface area contributed by atoms with E-state index in [1.165, 1.54) is 12.4 Å². The predicted molar refractivity (Wildman–Crippen MR) is 81.5 cm³/mol. The second-order valence-corrected chi connectivity index (χ2v) is 4.92. The minimum atomic E-state index is -1.04. The summed E-state index contributed by atoms with van der Waals surface area (Å²) in [7, 11) is 0. The summed E-state index contributed by atoms with van der Waals surface area (Å²) >= 11 is 0. The van der Waals surface area contributed by atoms with Crippen molar-refractivity contribution in [3.05, 3.63) is 59.7 Å². The fourth-order valence-electron chi connectivity index (χ4n) is 1.92.